The largest absolute Gasteiger partial charge is 0.394 e. The molecule has 2 aliphatic heterocycles. The lowest BCUT2D eigenvalue weighted by Crippen LogP contribution is -2.72. The van der Waals surface area contributed by atoms with Crippen LogP contribution in [0.4, 0.5) is 4.79 Å². The first-order valence-corrected chi connectivity index (χ1v) is 7.66. The SMILES string of the molecule is C=CCC1([C@@H]2O[C@H](CO)[C@@H](O)[C@H](O)[C@H]2O)C(=O)N(C)C(=O)N(C)C1=O. The maximum atomic E-state index is 12.8. The van der Waals surface area contributed by atoms with E-state index in [9.17, 15) is 34.8 Å². The Bertz CT molecular complexity index is 568. The number of aliphatic hydroxyl groups is 4. The summed E-state index contributed by atoms with van der Waals surface area (Å²) in [5.41, 5.74) is -2.06. The molecular formula is C15H22N2O8. The average Bonchev–Trinajstić information content (AvgIpc) is 2.60. The Morgan fingerprint density at radius 3 is 2.04 bits per heavy atom. The fourth-order valence-corrected chi connectivity index (χ4v) is 3.36. The van der Waals surface area contributed by atoms with E-state index in [2.05, 4.69) is 6.58 Å². The summed E-state index contributed by atoms with van der Waals surface area (Å²) >= 11 is 0. The Hall–Kier alpha value is -1.85. The molecule has 25 heavy (non-hydrogen) atoms. The van der Waals surface area contributed by atoms with Gasteiger partial charge in [0, 0.05) is 14.1 Å². The maximum Gasteiger partial charge on any atom is 0.332 e. The van der Waals surface area contributed by atoms with Gasteiger partial charge in [-0.1, -0.05) is 6.08 Å². The zero-order valence-corrected chi connectivity index (χ0v) is 13.9. The van der Waals surface area contributed by atoms with Crippen LogP contribution >= 0.6 is 0 Å². The number of barbiturate groups is 1. The second kappa shape index (κ2) is 6.81. The van der Waals surface area contributed by atoms with Crippen LogP contribution in [0.5, 0.6) is 0 Å². The fraction of sp³-hybridized carbons (Fsp3) is 0.667. The molecular weight excluding hydrogens is 336 g/mol. The summed E-state index contributed by atoms with van der Waals surface area (Å²) in [6.45, 7) is 2.80. The van der Waals surface area contributed by atoms with Crippen molar-refractivity contribution < 1.29 is 39.5 Å². The van der Waals surface area contributed by atoms with Gasteiger partial charge in [0.2, 0.25) is 11.8 Å². The zero-order chi connectivity index (χ0) is 19.1. The van der Waals surface area contributed by atoms with Crippen molar-refractivity contribution in [3.63, 3.8) is 0 Å². The second-order valence-electron chi connectivity index (χ2n) is 6.22. The highest BCUT2D eigenvalue weighted by atomic mass is 16.5. The monoisotopic (exact) mass is 358 g/mol. The van der Waals surface area contributed by atoms with Gasteiger partial charge in [-0.15, -0.1) is 6.58 Å². The molecule has 0 aliphatic carbocycles. The number of amides is 4. The van der Waals surface area contributed by atoms with Crippen LogP contribution in [0.3, 0.4) is 0 Å². The lowest BCUT2D eigenvalue weighted by atomic mass is 9.70. The van der Waals surface area contributed by atoms with Crippen LogP contribution in [0.25, 0.3) is 0 Å². The molecule has 0 saturated carbocycles. The molecule has 0 aromatic heterocycles. The first-order valence-electron chi connectivity index (χ1n) is 7.66. The average molecular weight is 358 g/mol. The van der Waals surface area contributed by atoms with Gasteiger partial charge in [0.25, 0.3) is 0 Å². The van der Waals surface area contributed by atoms with Crippen LogP contribution in [0, 0.1) is 5.41 Å². The van der Waals surface area contributed by atoms with E-state index >= 15 is 0 Å². The summed E-state index contributed by atoms with van der Waals surface area (Å²) in [6.07, 6.45) is -7.11. The summed E-state index contributed by atoms with van der Waals surface area (Å²) < 4.78 is 5.43. The Kier molecular flexibility index (Phi) is 5.30. The van der Waals surface area contributed by atoms with Gasteiger partial charge in [0.05, 0.1) is 6.61 Å². The zero-order valence-electron chi connectivity index (χ0n) is 13.9. The number of urea groups is 1. The highest BCUT2D eigenvalue weighted by molar-refractivity contribution is 6.19. The number of nitrogens with zero attached hydrogens (tertiary/aromatic N) is 2. The van der Waals surface area contributed by atoms with Gasteiger partial charge < -0.3 is 25.2 Å². The van der Waals surface area contributed by atoms with E-state index in [1.165, 1.54) is 20.2 Å². The quantitative estimate of drug-likeness (QED) is 0.317. The minimum atomic E-state index is -2.06. The van der Waals surface area contributed by atoms with Crippen LogP contribution in [0.15, 0.2) is 12.7 Å². The maximum absolute atomic E-state index is 12.8. The van der Waals surface area contributed by atoms with Gasteiger partial charge in [-0.25, -0.2) is 4.79 Å². The van der Waals surface area contributed by atoms with Crippen molar-refractivity contribution in [3.8, 4) is 0 Å². The first kappa shape index (κ1) is 19.5. The van der Waals surface area contributed by atoms with E-state index in [0.717, 1.165) is 0 Å². The Balaban J connectivity index is 2.58. The van der Waals surface area contributed by atoms with Crippen molar-refractivity contribution in [2.45, 2.75) is 36.9 Å². The third-order valence-electron chi connectivity index (χ3n) is 4.79. The van der Waals surface area contributed by atoms with Crippen molar-refractivity contribution in [3.05, 3.63) is 12.7 Å². The summed E-state index contributed by atoms with van der Waals surface area (Å²) in [5, 5.41) is 39.6. The molecule has 0 unspecified atom stereocenters. The predicted octanol–water partition coefficient (Wildman–Crippen LogP) is -2.56. The van der Waals surface area contributed by atoms with E-state index in [4.69, 9.17) is 4.74 Å². The van der Waals surface area contributed by atoms with Crippen molar-refractivity contribution in [2.75, 3.05) is 20.7 Å². The van der Waals surface area contributed by atoms with E-state index in [1.807, 2.05) is 0 Å². The molecule has 5 atom stereocenters. The number of rotatable bonds is 4. The molecule has 0 aromatic carbocycles. The van der Waals surface area contributed by atoms with Gasteiger partial charge in [-0.05, 0) is 6.42 Å². The minimum Gasteiger partial charge on any atom is -0.394 e. The van der Waals surface area contributed by atoms with E-state index in [-0.39, 0.29) is 6.42 Å². The minimum absolute atomic E-state index is 0.282. The Labute approximate surface area is 143 Å². The summed E-state index contributed by atoms with van der Waals surface area (Å²) in [6, 6.07) is -0.848. The number of allylic oxidation sites excluding steroid dienone is 1. The van der Waals surface area contributed by atoms with Gasteiger partial charge >= 0.3 is 6.03 Å². The molecule has 2 aliphatic rings. The number of ether oxygens (including phenoxy) is 1. The fourth-order valence-electron chi connectivity index (χ4n) is 3.36. The summed E-state index contributed by atoms with van der Waals surface area (Å²) in [4.78, 5) is 39.1. The molecule has 0 bridgehead atoms. The van der Waals surface area contributed by atoms with E-state index in [1.54, 1.807) is 0 Å². The predicted molar refractivity (Wildman–Crippen MR) is 82.0 cm³/mol. The number of hydrogen-bond donors (Lipinski definition) is 4. The van der Waals surface area contributed by atoms with Crippen LogP contribution in [0.1, 0.15) is 6.42 Å². The smallest absolute Gasteiger partial charge is 0.332 e. The first-order chi connectivity index (χ1) is 11.6. The van der Waals surface area contributed by atoms with Crippen molar-refractivity contribution in [2.24, 2.45) is 5.41 Å². The summed E-state index contributed by atoms with van der Waals surface area (Å²) in [5.74, 6) is -1.85. The van der Waals surface area contributed by atoms with E-state index < -0.39 is 60.4 Å². The number of carbonyl (C=O) groups is 3. The molecule has 4 amide bonds. The van der Waals surface area contributed by atoms with Crippen molar-refractivity contribution >= 4 is 17.8 Å². The number of aliphatic hydroxyl groups excluding tert-OH is 4. The third kappa shape index (κ3) is 2.66. The van der Waals surface area contributed by atoms with Crippen LogP contribution in [-0.4, -0.2) is 99.3 Å². The topological polar surface area (TPSA) is 148 Å². The number of carbonyl (C=O) groups excluding carboxylic acids is 3. The Morgan fingerprint density at radius 2 is 1.60 bits per heavy atom. The molecule has 0 aromatic rings. The highest BCUT2D eigenvalue weighted by Crippen LogP contribution is 2.42. The van der Waals surface area contributed by atoms with Crippen LogP contribution < -0.4 is 0 Å². The number of imide groups is 2. The van der Waals surface area contributed by atoms with Crippen LogP contribution in [-0.2, 0) is 14.3 Å². The molecule has 0 spiro atoms. The molecule has 10 nitrogen and oxygen atoms in total. The molecule has 2 fully saturated rings. The second-order valence-corrected chi connectivity index (χ2v) is 6.22. The molecule has 2 saturated heterocycles. The van der Waals surface area contributed by atoms with Gasteiger partial charge in [-0.3, -0.25) is 19.4 Å². The van der Waals surface area contributed by atoms with Gasteiger partial charge in [-0.2, -0.15) is 0 Å². The standard InChI is InChI=1S/C15H22N2O8/c1-4-5-15(12(22)16(2)14(24)17(3)13(15)23)11-10(21)9(20)8(19)7(6-18)25-11/h4,7-11,18-21H,1,5-6H2,2-3H3/t7-,8-,9+,10-,11-/m1/s1. The van der Waals surface area contributed by atoms with Crippen molar-refractivity contribution in [1.82, 2.24) is 9.80 Å². The third-order valence-corrected chi connectivity index (χ3v) is 4.79. The molecule has 2 heterocycles. The summed E-state index contributed by atoms with van der Waals surface area (Å²) in [7, 11) is 2.35. The van der Waals surface area contributed by atoms with Crippen molar-refractivity contribution in [1.29, 1.82) is 0 Å². The molecule has 4 N–H and O–H groups in total. The van der Waals surface area contributed by atoms with Gasteiger partial charge in [0.1, 0.15) is 30.5 Å². The van der Waals surface area contributed by atoms with Gasteiger partial charge in [0.15, 0.2) is 5.41 Å². The number of hydrogen-bond acceptors (Lipinski definition) is 8. The van der Waals surface area contributed by atoms with E-state index in [0.29, 0.717) is 9.80 Å². The molecule has 140 valence electrons. The lowest BCUT2D eigenvalue weighted by Gasteiger charge is -2.50. The molecule has 10 heteroatoms. The lowest BCUT2D eigenvalue weighted by molar-refractivity contribution is -0.255. The normalized spacial score (nSPS) is 35.9. The Morgan fingerprint density at radius 1 is 1.08 bits per heavy atom. The van der Waals surface area contributed by atoms with Crippen LogP contribution in [0.2, 0.25) is 0 Å². The molecule has 0 radical (unpaired) electrons. The highest BCUT2D eigenvalue weighted by Gasteiger charge is 2.64. The molecule has 2 rings (SSSR count).